The zero-order valence-corrected chi connectivity index (χ0v) is 12.5. The maximum atomic E-state index is 10.8. The van der Waals surface area contributed by atoms with Gasteiger partial charge in [-0.2, -0.15) is 0 Å². The van der Waals surface area contributed by atoms with E-state index in [9.17, 15) is 9.90 Å². The minimum atomic E-state index is -1.76. The van der Waals surface area contributed by atoms with E-state index in [2.05, 4.69) is 26.1 Å². The van der Waals surface area contributed by atoms with Crippen LogP contribution in [0.5, 0.6) is 0 Å². The molecule has 0 radical (unpaired) electrons. The Bertz CT molecular complexity index is 282. The highest BCUT2D eigenvalue weighted by Crippen LogP contribution is 2.46. The van der Waals surface area contributed by atoms with Crippen LogP contribution in [0.1, 0.15) is 33.6 Å². The minimum absolute atomic E-state index is 0.200. The summed E-state index contributed by atoms with van der Waals surface area (Å²) in [5, 5.41) is 20.6. The average Bonchev–Trinajstić information content (AvgIpc) is 3.14. The van der Waals surface area contributed by atoms with Crippen LogP contribution in [-0.4, -0.2) is 42.9 Å². The van der Waals surface area contributed by atoms with E-state index in [1.54, 1.807) is 0 Å². The molecule has 0 bridgehead atoms. The van der Waals surface area contributed by atoms with Gasteiger partial charge in [0.25, 0.3) is 0 Å². The largest absolute Gasteiger partial charge is 0.465 e. The fourth-order valence-corrected chi connectivity index (χ4v) is 5.68. The summed E-state index contributed by atoms with van der Waals surface area (Å²) in [5.74, 6) is 0. The first-order valence-corrected chi connectivity index (χ1v) is 9.31. The molecule has 1 amide bonds. The molecule has 6 heteroatoms. The predicted octanol–water partition coefficient (Wildman–Crippen LogP) is 2.17. The lowest BCUT2D eigenvalue weighted by atomic mass is 10.1. The normalized spacial score (nSPS) is 19.3. The van der Waals surface area contributed by atoms with Crippen LogP contribution in [0.2, 0.25) is 18.1 Å². The van der Waals surface area contributed by atoms with Crippen molar-refractivity contribution in [3.05, 3.63) is 0 Å². The van der Waals surface area contributed by atoms with Gasteiger partial charge in [0.1, 0.15) is 0 Å². The highest BCUT2D eigenvalue weighted by Gasteiger charge is 2.54. The summed E-state index contributed by atoms with van der Waals surface area (Å²) in [7, 11) is -1.76. The van der Waals surface area contributed by atoms with E-state index in [0.717, 1.165) is 31.0 Å². The van der Waals surface area contributed by atoms with Gasteiger partial charge in [-0.15, -0.1) is 0 Å². The van der Waals surface area contributed by atoms with Crippen molar-refractivity contribution in [1.82, 2.24) is 5.32 Å². The molecule has 1 fully saturated rings. The molecular formula is C12H25NO4Si. The number of carboxylic acid groups (broad SMARTS) is 1. The van der Waals surface area contributed by atoms with Gasteiger partial charge in [-0.3, -0.25) is 0 Å². The summed E-state index contributed by atoms with van der Waals surface area (Å²) in [4.78, 5) is 10.8. The molecule has 5 nitrogen and oxygen atoms in total. The number of rotatable bonds is 8. The third kappa shape index (κ3) is 3.24. The van der Waals surface area contributed by atoms with Crippen molar-refractivity contribution in [3.8, 4) is 0 Å². The van der Waals surface area contributed by atoms with Gasteiger partial charge in [0.05, 0.1) is 18.2 Å². The van der Waals surface area contributed by atoms with Crippen LogP contribution in [0.3, 0.4) is 0 Å². The topological polar surface area (TPSA) is 78.8 Å². The summed E-state index contributed by atoms with van der Waals surface area (Å²) < 4.78 is 6.39. The Morgan fingerprint density at radius 2 is 1.83 bits per heavy atom. The van der Waals surface area contributed by atoms with Crippen molar-refractivity contribution in [3.63, 3.8) is 0 Å². The Morgan fingerprint density at radius 3 is 2.11 bits per heavy atom. The maximum Gasteiger partial charge on any atom is 0.405 e. The fourth-order valence-electron chi connectivity index (χ4n) is 2.54. The fraction of sp³-hybridized carbons (Fsp3) is 0.917. The van der Waals surface area contributed by atoms with Crippen LogP contribution in [0.4, 0.5) is 4.79 Å². The van der Waals surface area contributed by atoms with Crippen LogP contribution in [0, 0.1) is 0 Å². The van der Waals surface area contributed by atoms with Crippen LogP contribution < -0.4 is 5.32 Å². The molecule has 1 saturated carbocycles. The zero-order valence-electron chi connectivity index (χ0n) is 11.5. The van der Waals surface area contributed by atoms with Gasteiger partial charge in [0, 0.05) is 0 Å². The van der Waals surface area contributed by atoms with E-state index in [4.69, 9.17) is 9.53 Å². The van der Waals surface area contributed by atoms with Crippen molar-refractivity contribution in [1.29, 1.82) is 0 Å². The summed E-state index contributed by atoms with van der Waals surface area (Å²) in [6.07, 6.45) is 0.584. The molecule has 1 atom stereocenters. The van der Waals surface area contributed by atoms with Gasteiger partial charge in [0.15, 0.2) is 8.32 Å². The van der Waals surface area contributed by atoms with Gasteiger partial charge in [-0.1, -0.05) is 20.8 Å². The van der Waals surface area contributed by atoms with Gasteiger partial charge < -0.3 is 20.0 Å². The zero-order chi connectivity index (χ0) is 13.8. The quantitative estimate of drug-likeness (QED) is 0.593. The first kappa shape index (κ1) is 15.5. The van der Waals surface area contributed by atoms with E-state index in [-0.39, 0.29) is 6.61 Å². The minimum Gasteiger partial charge on any atom is -0.465 e. The van der Waals surface area contributed by atoms with Crippen LogP contribution in [0.25, 0.3) is 0 Å². The Balaban J connectivity index is 2.76. The Kier molecular flexibility index (Phi) is 5.18. The molecule has 1 aliphatic rings. The average molecular weight is 275 g/mol. The van der Waals surface area contributed by atoms with E-state index in [1.807, 2.05) is 0 Å². The van der Waals surface area contributed by atoms with Gasteiger partial charge in [-0.05, 0) is 31.0 Å². The van der Waals surface area contributed by atoms with E-state index in [1.165, 1.54) is 0 Å². The maximum absolute atomic E-state index is 10.8. The lowest BCUT2D eigenvalue weighted by molar-refractivity contribution is 0.0778. The number of hydrogen-bond acceptors (Lipinski definition) is 3. The van der Waals surface area contributed by atoms with Crippen molar-refractivity contribution < 1.29 is 19.4 Å². The van der Waals surface area contributed by atoms with Crippen molar-refractivity contribution in [2.75, 3.05) is 6.61 Å². The lowest BCUT2D eigenvalue weighted by Gasteiger charge is -2.37. The summed E-state index contributed by atoms with van der Waals surface area (Å²) in [6.45, 7) is 6.24. The Morgan fingerprint density at radius 1 is 1.33 bits per heavy atom. The van der Waals surface area contributed by atoms with Gasteiger partial charge in [-0.25, -0.2) is 4.79 Å². The molecule has 0 saturated heterocycles. The molecule has 0 aromatic carbocycles. The monoisotopic (exact) mass is 275 g/mol. The van der Waals surface area contributed by atoms with Crippen LogP contribution >= 0.6 is 0 Å². The molecule has 0 spiro atoms. The highest BCUT2D eigenvalue weighted by atomic mass is 28.4. The van der Waals surface area contributed by atoms with E-state index in [0.29, 0.717) is 0 Å². The summed E-state index contributed by atoms with van der Waals surface area (Å²) in [5.41, 5.74) is -0.443. The predicted molar refractivity (Wildman–Crippen MR) is 72.3 cm³/mol. The number of aliphatic hydroxyl groups is 1. The molecule has 0 aromatic rings. The third-order valence-corrected chi connectivity index (χ3v) is 8.92. The highest BCUT2D eigenvalue weighted by molar-refractivity contribution is 6.73. The third-order valence-electron chi connectivity index (χ3n) is 4.21. The second-order valence-electron chi connectivity index (χ2n) is 5.10. The number of amides is 1. The standard InChI is InChI=1S/C12H25NO4Si/c1-4-18(5-2,6-3)17-12(7-8-12)10(9-14)13-11(15)16/h10,13-14H,4-9H2,1-3H3,(H,15,16). The van der Waals surface area contributed by atoms with Crippen molar-refractivity contribution in [2.45, 2.75) is 63.4 Å². The summed E-state index contributed by atoms with van der Waals surface area (Å²) in [6, 6.07) is 2.61. The molecule has 1 rings (SSSR count). The van der Waals surface area contributed by atoms with E-state index >= 15 is 0 Å². The molecular weight excluding hydrogens is 250 g/mol. The molecule has 0 heterocycles. The molecule has 3 N–H and O–H groups in total. The number of aliphatic hydroxyl groups excluding tert-OH is 1. The molecule has 0 aliphatic heterocycles. The van der Waals surface area contributed by atoms with Crippen LogP contribution in [0.15, 0.2) is 0 Å². The van der Waals surface area contributed by atoms with Crippen molar-refractivity contribution >= 4 is 14.4 Å². The molecule has 106 valence electrons. The van der Waals surface area contributed by atoms with Crippen LogP contribution in [-0.2, 0) is 4.43 Å². The molecule has 0 aromatic heterocycles. The number of carbonyl (C=O) groups is 1. The molecule has 18 heavy (non-hydrogen) atoms. The number of nitrogens with one attached hydrogen (secondary N) is 1. The van der Waals surface area contributed by atoms with Gasteiger partial charge in [0.2, 0.25) is 0 Å². The Labute approximate surface area is 110 Å². The lowest BCUT2D eigenvalue weighted by Crippen LogP contribution is -2.53. The number of hydrogen-bond donors (Lipinski definition) is 3. The van der Waals surface area contributed by atoms with Gasteiger partial charge >= 0.3 is 6.09 Å². The Hall–Kier alpha value is -0.593. The summed E-state index contributed by atoms with van der Waals surface area (Å²) >= 11 is 0. The molecule has 1 unspecified atom stereocenters. The molecule has 1 aliphatic carbocycles. The SMILES string of the molecule is CC[Si](CC)(CC)OC1(C(CO)NC(=O)O)CC1. The second-order valence-corrected chi connectivity index (χ2v) is 9.79. The van der Waals surface area contributed by atoms with Crippen molar-refractivity contribution in [2.24, 2.45) is 0 Å². The van der Waals surface area contributed by atoms with E-state index < -0.39 is 26.1 Å². The first-order chi connectivity index (χ1) is 8.47. The first-order valence-electron chi connectivity index (χ1n) is 6.78. The second kappa shape index (κ2) is 6.03. The smallest absolute Gasteiger partial charge is 0.405 e.